The van der Waals surface area contributed by atoms with Crippen LogP contribution in [0.4, 0.5) is 0 Å². The Balaban J connectivity index is 2.43. The zero-order valence-corrected chi connectivity index (χ0v) is 16.4. The van der Waals surface area contributed by atoms with Crippen molar-refractivity contribution in [1.82, 2.24) is 4.31 Å². The first-order chi connectivity index (χ1) is 9.77. The zero-order valence-electron chi connectivity index (χ0n) is 11.6. The number of alkyl halides is 1. The van der Waals surface area contributed by atoms with E-state index in [1.807, 2.05) is 13.8 Å². The van der Waals surface area contributed by atoms with Crippen LogP contribution in [-0.4, -0.2) is 43.9 Å². The van der Waals surface area contributed by atoms with Gasteiger partial charge >= 0.3 is 0 Å². The Morgan fingerprint density at radius 2 is 2.05 bits per heavy atom. The fraction of sp³-hybridized carbons (Fsp3) is 0.538. The van der Waals surface area contributed by atoms with Crippen LogP contribution in [0.5, 0.6) is 0 Å². The lowest BCUT2D eigenvalue weighted by molar-refractivity contribution is -0.0152. The maximum Gasteiger partial charge on any atom is 0.244 e. The molecule has 1 fully saturated rings. The van der Waals surface area contributed by atoms with Crippen molar-refractivity contribution in [3.05, 3.63) is 26.6 Å². The van der Waals surface area contributed by atoms with Gasteiger partial charge in [-0.05, 0) is 47.5 Å². The van der Waals surface area contributed by atoms with Gasteiger partial charge in [0.2, 0.25) is 10.0 Å². The molecule has 2 rings (SSSR count). The third kappa shape index (κ3) is 3.64. The summed E-state index contributed by atoms with van der Waals surface area (Å²) in [6.45, 7) is 4.36. The smallest absolute Gasteiger partial charge is 0.244 e. The van der Waals surface area contributed by atoms with Crippen LogP contribution in [0.2, 0.25) is 0 Å². The fourth-order valence-corrected chi connectivity index (χ4v) is 5.65. The minimum atomic E-state index is -3.61. The Morgan fingerprint density at radius 3 is 2.67 bits per heavy atom. The number of hydrogen-bond donors (Lipinski definition) is 0. The molecule has 1 heterocycles. The Hall–Kier alpha value is 0.340. The zero-order chi connectivity index (χ0) is 15.8. The standard InChI is InChI=1S/C13H16Br2ClNO3S/c1-8-3-12(15)13(4-11(8)14)21(18,19)17-6-10(5-16)20-7-9(17)2/h3-4,9-10H,5-7H2,1-2H3. The van der Waals surface area contributed by atoms with Crippen LogP contribution in [0.15, 0.2) is 26.0 Å². The van der Waals surface area contributed by atoms with Gasteiger partial charge in [-0.2, -0.15) is 4.31 Å². The van der Waals surface area contributed by atoms with E-state index in [0.717, 1.165) is 10.0 Å². The first-order valence-electron chi connectivity index (χ1n) is 6.42. The summed E-state index contributed by atoms with van der Waals surface area (Å²) in [5, 5.41) is 0. The topological polar surface area (TPSA) is 46.6 Å². The van der Waals surface area contributed by atoms with Crippen molar-refractivity contribution >= 4 is 53.5 Å². The number of nitrogens with zero attached hydrogens (tertiary/aromatic N) is 1. The van der Waals surface area contributed by atoms with Crippen LogP contribution in [0, 0.1) is 6.92 Å². The van der Waals surface area contributed by atoms with Gasteiger partial charge in [0.05, 0.1) is 17.6 Å². The summed E-state index contributed by atoms with van der Waals surface area (Å²) >= 11 is 12.5. The monoisotopic (exact) mass is 459 g/mol. The molecule has 1 aliphatic rings. The van der Waals surface area contributed by atoms with Gasteiger partial charge in [-0.15, -0.1) is 11.6 Å². The molecule has 0 radical (unpaired) electrons. The van der Waals surface area contributed by atoms with Crippen LogP contribution >= 0.6 is 43.5 Å². The molecular formula is C13H16Br2ClNO3S. The summed E-state index contributed by atoms with van der Waals surface area (Å²) in [4.78, 5) is 0.252. The van der Waals surface area contributed by atoms with Crippen molar-refractivity contribution in [3.63, 3.8) is 0 Å². The maximum atomic E-state index is 12.9. The van der Waals surface area contributed by atoms with E-state index in [0.29, 0.717) is 11.1 Å². The van der Waals surface area contributed by atoms with Gasteiger partial charge in [-0.1, -0.05) is 15.9 Å². The average Bonchev–Trinajstić information content (AvgIpc) is 2.43. The predicted octanol–water partition coefficient (Wildman–Crippen LogP) is 3.54. The lowest BCUT2D eigenvalue weighted by atomic mass is 10.2. The van der Waals surface area contributed by atoms with Crippen LogP contribution < -0.4 is 0 Å². The third-order valence-corrected chi connectivity index (χ3v) is 7.56. The normalized spacial score (nSPS) is 24.2. The molecule has 0 N–H and O–H groups in total. The van der Waals surface area contributed by atoms with Crippen molar-refractivity contribution < 1.29 is 13.2 Å². The SMILES string of the molecule is Cc1cc(Br)c(S(=O)(=O)N2CC(CCl)OCC2C)cc1Br. The van der Waals surface area contributed by atoms with Gasteiger partial charge in [0.1, 0.15) is 0 Å². The molecular weight excluding hydrogens is 445 g/mol. The number of benzene rings is 1. The predicted molar refractivity (Wildman–Crippen MR) is 90.4 cm³/mol. The molecule has 0 spiro atoms. The quantitative estimate of drug-likeness (QED) is 0.647. The highest BCUT2D eigenvalue weighted by Crippen LogP contribution is 2.32. The lowest BCUT2D eigenvalue weighted by Gasteiger charge is -2.36. The van der Waals surface area contributed by atoms with Crippen molar-refractivity contribution in [2.45, 2.75) is 30.9 Å². The Labute approximate surface area is 147 Å². The van der Waals surface area contributed by atoms with E-state index >= 15 is 0 Å². The molecule has 0 amide bonds. The van der Waals surface area contributed by atoms with Crippen LogP contribution in [0.3, 0.4) is 0 Å². The highest BCUT2D eigenvalue weighted by atomic mass is 79.9. The second-order valence-electron chi connectivity index (χ2n) is 5.07. The minimum absolute atomic E-state index is 0.221. The molecule has 118 valence electrons. The molecule has 2 unspecified atom stereocenters. The van der Waals surface area contributed by atoms with E-state index in [9.17, 15) is 8.42 Å². The molecule has 8 heteroatoms. The molecule has 1 aromatic rings. The van der Waals surface area contributed by atoms with E-state index in [-0.39, 0.29) is 29.5 Å². The number of rotatable bonds is 3. The fourth-order valence-electron chi connectivity index (χ4n) is 2.17. The lowest BCUT2D eigenvalue weighted by Crippen LogP contribution is -2.51. The van der Waals surface area contributed by atoms with Crippen LogP contribution in [0.1, 0.15) is 12.5 Å². The van der Waals surface area contributed by atoms with Gasteiger partial charge in [-0.3, -0.25) is 0 Å². The van der Waals surface area contributed by atoms with Crippen molar-refractivity contribution in [3.8, 4) is 0 Å². The summed E-state index contributed by atoms with van der Waals surface area (Å²) in [5.74, 6) is 0.275. The molecule has 4 nitrogen and oxygen atoms in total. The second kappa shape index (κ2) is 6.84. The first-order valence-corrected chi connectivity index (χ1v) is 9.98. The van der Waals surface area contributed by atoms with E-state index in [1.54, 1.807) is 12.1 Å². The van der Waals surface area contributed by atoms with Gasteiger partial charge in [0, 0.05) is 27.4 Å². The Bertz CT molecular complexity index is 639. The van der Waals surface area contributed by atoms with Gasteiger partial charge < -0.3 is 4.74 Å². The van der Waals surface area contributed by atoms with Crippen molar-refractivity contribution in [2.24, 2.45) is 0 Å². The van der Waals surface area contributed by atoms with E-state index in [4.69, 9.17) is 16.3 Å². The summed E-state index contributed by atoms with van der Waals surface area (Å²) in [6.07, 6.45) is -0.273. The molecule has 0 bridgehead atoms. The number of halogens is 3. The highest BCUT2D eigenvalue weighted by Gasteiger charge is 2.36. The summed E-state index contributed by atoms with van der Waals surface area (Å²) in [7, 11) is -3.61. The molecule has 0 aromatic heterocycles. The maximum absolute atomic E-state index is 12.9. The second-order valence-corrected chi connectivity index (χ2v) is 8.94. The van der Waals surface area contributed by atoms with Crippen LogP contribution in [-0.2, 0) is 14.8 Å². The molecule has 0 saturated carbocycles. The van der Waals surface area contributed by atoms with E-state index in [1.165, 1.54) is 4.31 Å². The number of sulfonamides is 1. The molecule has 1 aliphatic heterocycles. The molecule has 0 aliphatic carbocycles. The number of morpholine rings is 1. The van der Waals surface area contributed by atoms with Crippen LogP contribution in [0.25, 0.3) is 0 Å². The molecule has 1 aromatic carbocycles. The van der Waals surface area contributed by atoms with E-state index < -0.39 is 10.0 Å². The van der Waals surface area contributed by atoms with Crippen molar-refractivity contribution in [1.29, 1.82) is 0 Å². The number of aryl methyl sites for hydroxylation is 1. The Morgan fingerprint density at radius 1 is 1.38 bits per heavy atom. The minimum Gasteiger partial charge on any atom is -0.374 e. The van der Waals surface area contributed by atoms with Gasteiger partial charge in [0.15, 0.2) is 0 Å². The molecule has 21 heavy (non-hydrogen) atoms. The number of hydrogen-bond acceptors (Lipinski definition) is 3. The third-order valence-electron chi connectivity index (χ3n) is 3.42. The van der Waals surface area contributed by atoms with Gasteiger partial charge in [0.25, 0.3) is 0 Å². The Kier molecular flexibility index (Phi) is 5.77. The summed E-state index contributed by atoms with van der Waals surface area (Å²) < 4.78 is 34.1. The molecule has 1 saturated heterocycles. The van der Waals surface area contributed by atoms with Crippen molar-refractivity contribution in [2.75, 3.05) is 19.0 Å². The first kappa shape index (κ1) is 17.7. The highest BCUT2D eigenvalue weighted by molar-refractivity contribution is 9.11. The molecule has 2 atom stereocenters. The summed E-state index contributed by atoms with van der Waals surface area (Å²) in [5.41, 5.74) is 0.967. The van der Waals surface area contributed by atoms with E-state index in [2.05, 4.69) is 31.9 Å². The summed E-state index contributed by atoms with van der Waals surface area (Å²) in [6, 6.07) is 3.20. The van der Waals surface area contributed by atoms with Gasteiger partial charge in [-0.25, -0.2) is 8.42 Å². The number of ether oxygens (including phenoxy) is 1. The average molecular weight is 462 g/mol. The largest absolute Gasteiger partial charge is 0.374 e.